The molecular formula is C14H15BrN2S. The van der Waals surface area contributed by atoms with Crippen molar-refractivity contribution < 1.29 is 0 Å². The average molecular weight is 323 g/mol. The van der Waals surface area contributed by atoms with Gasteiger partial charge in [0.1, 0.15) is 5.82 Å². The predicted molar refractivity (Wildman–Crippen MR) is 80.4 cm³/mol. The Morgan fingerprint density at radius 3 is 2.89 bits per heavy atom. The summed E-state index contributed by atoms with van der Waals surface area (Å²) in [5, 5.41) is 3.01. The molecule has 0 aliphatic heterocycles. The molecule has 0 N–H and O–H groups in total. The highest BCUT2D eigenvalue weighted by Crippen LogP contribution is 2.34. The van der Waals surface area contributed by atoms with Crippen molar-refractivity contribution in [2.75, 3.05) is 4.90 Å². The number of alkyl halides is 1. The van der Waals surface area contributed by atoms with Gasteiger partial charge in [-0.3, -0.25) is 0 Å². The number of anilines is 1. The molecule has 1 aliphatic rings. The van der Waals surface area contributed by atoms with Gasteiger partial charge in [-0.25, -0.2) is 4.98 Å². The first-order chi connectivity index (χ1) is 8.88. The molecule has 0 radical (unpaired) electrons. The first kappa shape index (κ1) is 12.2. The van der Waals surface area contributed by atoms with Crippen LogP contribution in [0.1, 0.15) is 23.3 Å². The van der Waals surface area contributed by atoms with Crippen molar-refractivity contribution in [3.8, 4) is 0 Å². The van der Waals surface area contributed by atoms with Gasteiger partial charge in [0.15, 0.2) is 0 Å². The number of pyridine rings is 1. The number of nitrogens with zero attached hydrogens (tertiary/aromatic N) is 2. The minimum Gasteiger partial charge on any atom is -0.348 e. The Morgan fingerprint density at radius 1 is 1.33 bits per heavy atom. The van der Waals surface area contributed by atoms with E-state index in [1.807, 2.05) is 23.6 Å². The fourth-order valence-electron chi connectivity index (χ4n) is 2.13. The van der Waals surface area contributed by atoms with Gasteiger partial charge >= 0.3 is 0 Å². The lowest BCUT2D eigenvalue weighted by Gasteiger charge is -2.24. The van der Waals surface area contributed by atoms with Gasteiger partial charge < -0.3 is 4.90 Å². The quantitative estimate of drug-likeness (QED) is 0.767. The maximum atomic E-state index is 4.59. The molecule has 2 nitrogen and oxygen atoms in total. The number of hydrogen-bond donors (Lipinski definition) is 0. The fourth-order valence-corrected chi connectivity index (χ4v) is 3.27. The number of rotatable bonds is 5. The van der Waals surface area contributed by atoms with Crippen molar-refractivity contribution in [2.45, 2.75) is 30.8 Å². The Morgan fingerprint density at radius 2 is 2.22 bits per heavy atom. The predicted octanol–water partition coefficient (Wildman–Crippen LogP) is 4.21. The maximum Gasteiger partial charge on any atom is 0.133 e. The smallest absolute Gasteiger partial charge is 0.133 e. The van der Waals surface area contributed by atoms with E-state index in [4.69, 9.17) is 0 Å². The normalized spacial score (nSPS) is 14.7. The zero-order chi connectivity index (χ0) is 12.4. The first-order valence-electron chi connectivity index (χ1n) is 6.17. The van der Waals surface area contributed by atoms with Crippen molar-refractivity contribution in [3.63, 3.8) is 0 Å². The summed E-state index contributed by atoms with van der Waals surface area (Å²) in [5.41, 5.74) is 1.28. The monoisotopic (exact) mass is 322 g/mol. The van der Waals surface area contributed by atoms with Crippen LogP contribution >= 0.6 is 27.3 Å². The van der Waals surface area contributed by atoms with Crippen LogP contribution in [0.15, 0.2) is 35.8 Å². The van der Waals surface area contributed by atoms with E-state index < -0.39 is 0 Å². The lowest BCUT2D eigenvalue weighted by molar-refractivity contribution is 0.781. The van der Waals surface area contributed by atoms with Gasteiger partial charge in [-0.05, 0) is 30.4 Å². The third kappa shape index (κ3) is 2.59. The molecule has 18 heavy (non-hydrogen) atoms. The highest BCUT2D eigenvalue weighted by Gasteiger charge is 2.31. The number of halogens is 1. The summed E-state index contributed by atoms with van der Waals surface area (Å²) >= 11 is 5.38. The number of thiophene rings is 1. The molecule has 1 saturated carbocycles. The van der Waals surface area contributed by atoms with E-state index in [1.54, 1.807) is 0 Å². The van der Waals surface area contributed by atoms with E-state index in [0.717, 1.165) is 17.7 Å². The number of aromatic nitrogens is 1. The molecule has 2 heterocycles. The number of hydrogen-bond acceptors (Lipinski definition) is 3. The molecule has 0 saturated heterocycles. The van der Waals surface area contributed by atoms with Crippen LogP contribution in [0, 0.1) is 0 Å². The van der Waals surface area contributed by atoms with E-state index >= 15 is 0 Å². The molecule has 2 aromatic rings. The van der Waals surface area contributed by atoms with Crippen molar-refractivity contribution in [3.05, 3.63) is 46.3 Å². The average Bonchev–Trinajstić information content (AvgIpc) is 3.13. The lowest BCUT2D eigenvalue weighted by atomic mass is 10.2. The first-order valence-corrected chi connectivity index (χ1v) is 8.17. The third-order valence-corrected chi connectivity index (χ3v) is 4.64. The van der Waals surface area contributed by atoms with Gasteiger partial charge in [-0.15, -0.1) is 11.3 Å². The fraction of sp³-hybridized carbons (Fsp3) is 0.357. The summed E-state index contributed by atoms with van der Waals surface area (Å²) in [6.45, 7) is 0.985. The second kappa shape index (κ2) is 5.41. The SMILES string of the molecule is BrCc1cccnc1N(Cc1cccs1)C1CC1. The molecule has 1 aliphatic carbocycles. The molecule has 4 heteroatoms. The van der Waals surface area contributed by atoms with E-state index in [2.05, 4.69) is 49.4 Å². The Bertz CT molecular complexity index is 508. The Labute approximate surface area is 120 Å². The summed E-state index contributed by atoms with van der Waals surface area (Å²) in [5.74, 6) is 1.14. The molecule has 2 aromatic heterocycles. The minimum absolute atomic E-state index is 0.680. The molecule has 0 unspecified atom stereocenters. The second-order valence-electron chi connectivity index (χ2n) is 4.56. The van der Waals surface area contributed by atoms with E-state index in [0.29, 0.717) is 6.04 Å². The van der Waals surface area contributed by atoms with E-state index in [9.17, 15) is 0 Å². The van der Waals surface area contributed by atoms with E-state index in [1.165, 1.54) is 23.3 Å². The standard InChI is InChI=1S/C14H15BrN2S/c15-9-11-3-1-7-16-14(11)17(12-5-6-12)10-13-4-2-8-18-13/h1-4,7-8,12H,5-6,9-10H2. The lowest BCUT2D eigenvalue weighted by Crippen LogP contribution is -2.26. The van der Waals surface area contributed by atoms with Gasteiger partial charge in [0, 0.05) is 28.0 Å². The van der Waals surface area contributed by atoms with Crippen molar-refractivity contribution in [1.82, 2.24) is 4.98 Å². The van der Waals surface area contributed by atoms with Crippen LogP contribution in [-0.2, 0) is 11.9 Å². The highest BCUT2D eigenvalue weighted by atomic mass is 79.9. The van der Waals surface area contributed by atoms with Crippen LogP contribution in [-0.4, -0.2) is 11.0 Å². The molecular weight excluding hydrogens is 308 g/mol. The van der Waals surface area contributed by atoms with E-state index in [-0.39, 0.29) is 0 Å². The largest absolute Gasteiger partial charge is 0.348 e. The minimum atomic E-state index is 0.680. The highest BCUT2D eigenvalue weighted by molar-refractivity contribution is 9.08. The van der Waals surface area contributed by atoms with Gasteiger partial charge in [-0.2, -0.15) is 0 Å². The second-order valence-corrected chi connectivity index (χ2v) is 6.15. The zero-order valence-corrected chi connectivity index (χ0v) is 12.5. The third-order valence-electron chi connectivity index (χ3n) is 3.18. The zero-order valence-electron chi connectivity index (χ0n) is 10.1. The Hall–Kier alpha value is -0.870. The summed E-state index contributed by atoms with van der Waals surface area (Å²) in [6, 6.07) is 9.17. The topological polar surface area (TPSA) is 16.1 Å². The molecule has 0 amide bonds. The van der Waals surface area contributed by atoms with Gasteiger partial charge in [0.2, 0.25) is 0 Å². The van der Waals surface area contributed by atoms with Crippen molar-refractivity contribution >= 4 is 33.1 Å². The van der Waals surface area contributed by atoms with Crippen LogP contribution in [0.25, 0.3) is 0 Å². The van der Waals surface area contributed by atoms with Gasteiger partial charge in [0.25, 0.3) is 0 Å². The molecule has 3 rings (SSSR count). The Balaban J connectivity index is 1.89. The summed E-state index contributed by atoms with van der Waals surface area (Å²) in [4.78, 5) is 8.46. The molecule has 0 atom stereocenters. The summed E-state index contributed by atoms with van der Waals surface area (Å²) in [7, 11) is 0. The molecule has 0 bridgehead atoms. The Kier molecular flexibility index (Phi) is 3.66. The molecule has 94 valence electrons. The van der Waals surface area contributed by atoms with Gasteiger partial charge in [-0.1, -0.05) is 28.1 Å². The molecule has 1 fully saturated rings. The molecule has 0 aromatic carbocycles. The van der Waals surface area contributed by atoms with Crippen LogP contribution in [0.2, 0.25) is 0 Å². The summed E-state index contributed by atoms with van der Waals surface area (Å²) in [6.07, 6.45) is 4.48. The van der Waals surface area contributed by atoms with Crippen LogP contribution in [0.4, 0.5) is 5.82 Å². The maximum absolute atomic E-state index is 4.59. The molecule has 0 spiro atoms. The van der Waals surface area contributed by atoms with Crippen LogP contribution < -0.4 is 4.90 Å². The van der Waals surface area contributed by atoms with Crippen molar-refractivity contribution in [1.29, 1.82) is 0 Å². The van der Waals surface area contributed by atoms with Crippen LogP contribution in [0.3, 0.4) is 0 Å². The van der Waals surface area contributed by atoms with Crippen LogP contribution in [0.5, 0.6) is 0 Å². The van der Waals surface area contributed by atoms with Gasteiger partial charge in [0.05, 0.1) is 6.54 Å². The summed E-state index contributed by atoms with van der Waals surface area (Å²) < 4.78 is 0. The van der Waals surface area contributed by atoms with Crippen molar-refractivity contribution in [2.24, 2.45) is 0 Å².